The second kappa shape index (κ2) is 6.85. The number of aliphatic hydroxyl groups is 1. The summed E-state index contributed by atoms with van der Waals surface area (Å²) in [5.41, 5.74) is 0.0413. The molecule has 0 aliphatic rings. The van der Waals surface area contributed by atoms with E-state index in [2.05, 4.69) is 5.32 Å². The zero-order valence-corrected chi connectivity index (χ0v) is 9.32. The number of nitriles is 1. The Kier molecular flexibility index (Phi) is 6.14. The van der Waals surface area contributed by atoms with Gasteiger partial charge < -0.3 is 15.3 Å². The summed E-state index contributed by atoms with van der Waals surface area (Å²) in [6.45, 7) is 4.02. The predicted octanol–water partition coefficient (Wildman–Crippen LogP) is -0.157. The largest absolute Gasteiger partial charge is 0.395 e. The van der Waals surface area contributed by atoms with Crippen molar-refractivity contribution in [1.82, 2.24) is 10.2 Å². The van der Waals surface area contributed by atoms with Crippen molar-refractivity contribution in [2.45, 2.75) is 19.9 Å². The fourth-order valence-corrected chi connectivity index (χ4v) is 0.921. The van der Waals surface area contributed by atoms with Gasteiger partial charge in [-0.05, 0) is 13.8 Å². The molecule has 84 valence electrons. The molecule has 0 unspecified atom stereocenters. The van der Waals surface area contributed by atoms with Crippen LogP contribution in [-0.4, -0.2) is 42.2 Å². The summed E-state index contributed by atoms with van der Waals surface area (Å²) < 4.78 is 0. The van der Waals surface area contributed by atoms with Gasteiger partial charge in [-0.3, -0.25) is 4.79 Å². The molecule has 0 aliphatic carbocycles. The molecule has 0 radical (unpaired) electrons. The Morgan fingerprint density at radius 2 is 2.27 bits per heavy atom. The third-order valence-electron chi connectivity index (χ3n) is 1.59. The molecule has 2 N–H and O–H groups in total. The number of carbonyl (C=O) groups excluding carboxylic acids is 1. The lowest BCUT2D eigenvalue weighted by atomic mass is 10.2. The lowest BCUT2D eigenvalue weighted by Crippen LogP contribution is -2.32. The summed E-state index contributed by atoms with van der Waals surface area (Å²) in [5, 5.41) is 20.0. The van der Waals surface area contributed by atoms with Crippen molar-refractivity contribution in [2.75, 3.05) is 20.2 Å². The molecule has 5 nitrogen and oxygen atoms in total. The number of amides is 1. The van der Waals surface area contributed by atoms with Gasteiger partial charge in [0.05, 0.1) is 6.61 Å². The molecule has 0 atom stereocenters. The van der Waals surface area contributed by atoms with Gasteiger partial charge in [0, 0.05) is 25.8 Å². The van der Waals surface area contributed by atoms with Crippen molar-refractivity contribution >= 4 is 5.91 Å². The van der Waals surface area contributed by atoms with Crippen molar-refractivity contribution in [3.8, 4) is 6.07 Å². The van der Waals surface area contributed by atoms with Crippen LogP contribution >= 0.6 is 0 Å². The molecular formula is C10H17N3O2. The molecule has 0 aromatic rings. The molecule has 0 spiro atoms. The van der Waals surface area contributed by atoms with Gasteiger partial charge in [-0.2, -0.15) is 5.26 Å². The molecule has 0 heterocycles. The van der Waals surface area contributed by atoms with E-state index in [1.165, 1.54) is 6.20 Å². The van der Waals surface area contributed by atoms with Crippen LogP contribution in [0.15, 0.2) is 11.8 Å². The Morgan fingerprint density at radius 1 is 1.67 bits per heavy atom. The molecule has 5 heteroatoms. The molecule has 0 fully saturated rings. The maximum absolute atomic E-state index is 11.4. The second-order valence-electron chi connectivity index (χ2n) is 3.49. The van der Waals surface area contributed by atoms with Gasteiger partial charge in [0.15, 0.2) is 0 Å². The fourth-order valence-electron chi connectivity index (χ4n) is 0.921. The molecule has 0 aromatic carbocycles. The highest BCUT2D eigenvalue weighted by molar-refractivity contribution is 5.97. The third kappa shape index (κ3) is 5.70. The van der Waals surface area contributed by atoms with Crippen LogP contribution in [0.5, 0.6) is 0 Å². The minimum atomic E-state index is -0.391. The van der Waals surface area contributed by atoms with Gasteiger partial charge >= 0.3 is 0 Å². The van der Waals surface area contributed by atoms with E-state index in [1.54, 1.807) is 11.9 Å². The first-order chi connectivity index (χ1) is 7.01. The normalized spacial score (nSPS) is 11.1. The van der Waals surface area contributed by atoms with Gasteiger partial charge in [0.2, 0.25) is 0 Å². The number of nitrogens with one attached hydrogen (secondary N) is 1. The summed E-state index contributed by atoms with van der Waals surface area (Å²) in [5.74, 6) is -0.391. The van der Waals surface area contributed by atoms with Gasteiger partial charge in [0.25, 0.3) is 5.91 Å². The zero-order valence-electron chi connectivity index (χ0n) is 9.32. The molecule has 0 rings (SSSR count). The second-order valence-corrected chi connectivity index (χ2v) is 3.49. The van der Waals surface area contributed by atoms with Crippen molar-refractivity contribution in [1.29, 1.82) is 5.26 Å². The quantitative estimate of drug-likeness (QED) is 0.489. The molecule has 0 saturated carbocycles. The van der Waals surface area contributed by atoms with Crippen LogP contribution in [0.4, 0.5) is 0 Å². The third-order valence-corrected chi connectivity index (χ3v) is 1.59. The van der Waals surface area contributed by atoms with E-state index in [-0.39, 0.29) is 18.2 Å². The predicted molar refractivity (Wildman–Crippen MR) is 56.7 cm³/mol. The zero-order chi connectivity index (χ0) is 11.8. The number of nitrogens with zero attached hydrogens (tertiary/aromatic N) is 2. The van der Waals surface area contributed by atoms with Gasteiger partial charge in [-0.15, -0.1) is 0 Å². The minimum Gasteiger partial charge on any atom is -0.395 e. The van der Waals surface area contributed by atoms with Gasteiger partial charge in [-0.1, -0.05) is 0 Å². The number of carbonyl (C=O) groups is 1. The van der Waals surface area contributed by atoms with Crippen LogP contribution in [0.2, 0.25) is 0 Å². The van der Waals surface area contributed by atoms with E-state index < -0.39 is 5.91 Å². The molecular weight excluding hydrogens is 194 g/mol. The van der Waals surface area contributed by atoms with E-state index in [9.17, 15) is 4.79 Å². The van der Waals surface area contributed by atoms with Crippen LogP contribution in [0.3, 0.4) is 0 Å². The summed E-state index contributed by atoms with van der Waals surface area (Å²) in [6, 6.07) is 1.82. The summed E-state index contributed by atoms with van der Waals surface area (Å²) >= 11 is 0. The maximum Gasteiger partial charge on any atom is 0.263 e. The molecule has 0 aliphatic heterocycles. The number of hydrogen-bond donors (Lipinski definition) is 2. The Balaban J connectivity index is 4.48. The Bertz CT molecular complexity index is 279. The van der Waals surface area contributed by atoms with Crippen LogP contribution in [0, 0.1) is 11.3 Å². The van der Waals surface area contributed by atoms with Crippen molar-refractivity contribution in [3.05, 3.63) is 11.8 Å². The van der Waals surface area contributed by atoms with Crippen LogP contribution in [0.1, 0.15) is 13.8 Å². The van der Waals surface area contributed by atoms with Crippen molar-refractivity contribution in [2.24, 2.45) is 0 Å². The van der Waals surface area contributed by atoms with Crippen LogP contribution < -0.4 is 5.32 Å². The smallest absolute Gasteiger partial charge is 0.263 e. The Morgan fingerprint density at radius 3 is 2.67 bits per heavy atom. The highest BCUT2D eigenvalue weighted by atomic mass is 16.3. The number of likely N-dealkylation sites (N-methyl/N-ethyl adjacent to an activating group) is 1. The minimum absolute atomic E-state index is 0.00241. The lowest BCUT2D eigenvalue weighted by Gasteiger charge is -2.13. The average molecular weight is 211 g/mol. The number of hydrogen-bond acceptors (Lipinski definition) is 4. The SMILES string of the molecule is CC(C)NC(=O)/C(C#N)=C\N(C)CCO. The topological polar surface area (TPSA) is 76.4 Å². The Hall–Kier alpha value is -1.54. The Labute approximate surface area is 90.0 Å². The molecule has 0 bridgehead atoms. The fraction of sp³-hybridized carbons (Fsp3) is 0.600. The van der Waals surface area contributed by atoms with Gasteiger partial charge in [0.1, 0.15) is 11.6 Å². The molecule has 0 aromatic heterocycles. The van der Waals surface area contributed by atoms with E-state index >= 15 is 0 Å². The first kappa shape index (κ1) is 13.5. The van der Waals surface area contributed by atoms with E-state index in [1.807, 2.05) is 19.9 Å². The summed E-state index contributed by atoms with van der Waals surface area (Å²) in [6.07, 6.45) is 1.42. The van der Waals surface area contributed by atoms with Gasteiger partial charge in [-0.25, -0.2) is 0 Å². The number of aliphatic hydroxyl groups excluding tert-OH is 1. The van der Waals surface area contributed by atoms with Crippen molar-refractivity contribution in [3.63, 3.8) is 0 Å². The molecule has 1 amide bonds. The first-order valence-corrected chi connectivity index (χ1v) is 4.75. The molecule has 15 heavy (non-hydrogen) atoms. The average Bonchev–Trinajstić information content (AvgIpc) is 2.13. The van der Waals surface area contributed by atoms with E-state index in [0.717, 1.165) is 0 Å². The van der Waals surface area contributed by atoms with Crippen molar-refractivity contribution < 1.29 is 9.90 Å². The summed E-state index contributed by atoms with van der Waals surface area (Å²) in [4.78, 5) is 13.0. The highest BCUT2D eigenvalue weighted by Crippen LogP contribution is 1.96. The standard InChI is InChI=1S/C10H17N3O2/c1-8(2)12-10(15)9(6-11)7-13(3)4-5-14/h7-8,14H,4-5H2,1-3H3,(H,12,15)/b9-7-. The maximum atomic E-state index is 11.4. The van der Waals surface area contributed by atoms with Crippen LogP contribution in [0.25, 0.3) is 0 Å². The molecule has 0 saturated heterocycles. The highest BCUT2D eigenvalue weighted by Gasteiger charge is 2.10. The van der Waals surface area contributed by atoms with Crippen LogP contribution in [-0.2, 0) is 4.79 Å². The number of rotatable bonds is 5. The lowest BCUT2D eigenvalue weighted by molar-refractivity contribution is -0.117. The van der Waals surface area contributed by atoms with E-state index in [0.29, 0.717) is 6.54 Å². The monoisotopic (exact) mass is 211 g/mol. The summed E-state index contributed by atoms with van der Waals surface area (Å²) in [7, 11) is 1.69. The first-order valence-electron chi connectivity index (χ1n) is 4.75. The van der Waals surface area contributed by atoms with E-state index in [4.69, 9.17) is 10.4 Å².